The van der Waals surface area contributed by atoms with Gasteiger partial charge >= 0.3 is 0 Å². The van der Waals surface area contributed by atoms with Gasteiger partial charge in [0.15, 0.2) is 0 Å². The first-order valence-electron chi connectivity index (χ1n) is 7.00. The summed E-state index contributed by atoms with van der Waals surface area (Å²) < 4.78 is 5.15. The monoisotopic (exact) mass is 270 g/mol. The Bertz CT molecular complexity index is 539. The summed E-state index contributed by atoms with van der Waals surface area (Å²) in [6.45, 7) is 3.99. The van der Waals surface area contributed by atoms with Crippen LogP contribution in [0.2, 0.25) is 0 Å². The summed E-state index contributed by atoms with van der Waals surface area (Å²) in [4.78, 5) is 0. The second kappa shape index (κ2) is 6.10. The van der Waals surface area contributed by atoms with E-state index >= 15 is 0 Å². The van der Waals surface area contributed by atoms with Gasteiger partial charge in [0.2, 0.25) is 0 Å². The number of benzene rings is 2. The molecule has 0 amide bonds. The molecule has 0 saturated heterocycles. The number of methoxy groups -OCH3 is 1. The first kappa shape index (κ1) is 14.6. The van der Waals surface area contributed by atoms with Crippen molar-refractivity contribution in [3.05, 3.63) is 65.2 Å². The molecular weight excluding hydrogens is 248 g/mol. The zero-order chi connectivity index (χ0) is 14.6. The van der Waals surface area contributed by atoms with Crippen LogP contribution in [-0.4, -0.2) is 12.2 Å². The van der Waals surface area contributed by atoms with Crippen LogP contribution in [0.4, 0.5) is 0 Å². The largest absolute Gasteiger partial charge is 0.497 e. The summed E-state index contributed by atoms with van der Waals surface area (Å²) in [7, 11) is 1.65. The van der Waals surface area contributed by atoms with Crippen molar-refractivity contribution in [3.8, 4) is 5.75 Å². The maximum absolute atomic E-state index is 10.7. The first-order chi connectivity index (χ1) is 9.55. The third-order valence-electron chi connectivity index (χ3n) is 3.69. The van der Waals surface area contributed by atoms with Crippen molar-refractivity contribution >= 4 is 0 Å². The van der Waals surface area contributed by atoms with E-state index in [0.29, 0.717) is 6.42 Å². The van der Waals surface area contributed by atoms with Gasteiger partial charge < -0.3 is 9.84 Å². The van der Waals surface area contributed by atoms with Gasteiger partial charge in [-0.2, -0.15) is 0 Å². The van der Waals surface area contributed by atoms with Gasteiger partial charge in [0, 0.05) is 6.42 Å². The number of aliphatic hydroxyl groups is 1. The van der Waals surface area contributed by atoms with E-state index in [1.54, 1.807) is 7.11 Å². The van der Waals surface area contributed by atoms with Gasteiger partial charge in [0.25, 0.3) is 0 Å². The van der Waals surface area contributed by atoms with Crippen molar-refractivity contribution in [1.29, 1.82) is 0 Å². The average Bonchev–Trinajstić information content (AvgIpc) is 2.48. The van der Waals surface area contributed by atoms with Crippen LogP contribution in [0.25, 0.3) is 0 Å². The fraction of sp³-hybridized carbons (Fsp3) is 0.333. The highest BCUT2D eigenvalue weighted by Gasteiger charge is 2.23. The average molecular weight is 270 g/mol. The van der Waals surface area contributed by atoms with Crippen LogP contribution in [0, 0.1) is 0 Å². The molecule has 0 aliphatic carbocycles. The van der Waals surface area contributed by atoms with Crippen molar-refractivity contribution in [2.75, 3.05) is 7.11 Å². The van der Waals surface area contributed by atoms with E-state index in [0.717, 1.165) is 23.3 Å². The number of hydrogen-bond acceptors (Lipinski definition) is 2. The topological polar surface area (TPSA) is 29.5 Å². The smallest absolute Gasteiger partial charge is 0.118 e. The van der Waals surface area contributed by atoms with Crippen LogP contribution in [-0.2, 0) is 18.4 Å². The molecule has 0 aliphatic rings. The lowest BCUT2D eigenvalue weighted by Crippen LogP contribution is -2.24. The molecule has 2 aromatic rings. The Morgan fingerprint density at radius 2 is 1.50 bits per heavy atom. The Labute approximate surface area is 121 Å². The Morgan fingerprint density at radius 1 is 0.950 bits per heavy atom. The molecule has 0 aliphatic heterocycles. The number of aryl methyl sites for hydroxylation is 1. The maximum Gasteiger partial charge on any atom is 0.118 e. The molecule has 1 unspecified atom stereocenters. The quantitative estimate of drug-likeness (QED) is 0.897. The lowest BCUT2D eigenvalue weighted by Gasteiger charge is -2.24. The second-order valence-corrected chi connectivity index (χ2v) is 5.35. The van der Waals surface area contributed by atoms with Crippen molar-refractivity contribution in [2.24, 2.45) is 0 Å². The second-order valence-electron chi connectivity index (χ2n) is 5.35. The van der Waals surface area contributed by atoms with Gasteiger partial charge in [-0.15, -0.1) is 0 Å². The van der Waals surface area contributed by atoms with Crippen molar-refractivity contribution in [1.82, 2.24) is 0 Å². The SMILES string of the molecule is CCc1ccc(C(C)(O)Cc2ccc(OC)cc2)cc1. The Hall–Kier alpha value is -1.80. The normalized spacial score (nSPS) is 13.8. The van der Waals surface area contributed by atoms with Gasteiger partial charge in [0.1, 0.15) is 5.75 Å². The van der Waals surface area contributed by atoms with Gasteiger partial charge in [-0.25, -0.2) is 0 Å². The molecule has 1 atom stereocenters. The van der Waals surface area contributed by atoms with E-state index in [1.165, 1.54) is 5.56 Å². The number of rotatable bonds is 5. The van der Waals surface area contributed by atoms with E-state index in [1.807, 2.05) is 43.3 Å². The first-order valence-corrected chi connectivity index (χ1v) is 7.00. The molecule has 20 heavy (non-hydrogen) atoms. The van der Waals surface area contributed by atoms with E-state index in [4.69, 9.17) is 4.74 Å². The molecule has 0 fully saturated rings. The summed E-state index contributed by atoms with van der Waals surface area (Å²) in [6, 6.07) is 16.0. The summed E-state index contributed by atoms with van der Waals surface area (Å²) in [5.74, 6) is 0.834. The molecule has 2 aromatic carbocycles. The fourth-order valence-electron chi connectivity index (χ4n) is 2.34. The maximum atomic E-state index is 10.7. The van der Waals surface area contributed by atoms with Crippen LogP contribution in [0.3, 0.4) is 0 Å². The van der Waals surface area contributed by atoms with Crippen molar-refractivity contribution in [2.45, 2.75) is 32.3 Å². The molecule has 2 nitrogen and oxygen atoms in total. The van der Waals surface area contributed by atoms with E-state index < -0.39 is 5.60 Å². The highest BCUT2D eigenvalue weighted by Crippen LogP contribution is 2.26. The standard InChI is InChI=1S/C18H22O2/c1-4-14-5-9-16(10-6-14)18(2,19)13-15-7-11-17(20-3)12-8-15/h5-12,19H,4,13H2,1-3H3. The van der Waals surface area contributed by atoms with Crippen LogP contribution in [0.5, 0.6) is 5.75 Å². The number of hydrogen-bond donors (Lipinski definition) is 1. The molecule has 1 N–H and O–H groups in total. The third kappa shape index (κ3) is 3.40. The predicted octanol–water partition coefficient (Wildman–Crippen LogP) is 3.71. The highest BCUT2D eigenvalue weighted by atomic mass is 16.5. The fourth-order valence-corrected chi connectivity index (χ4v) is 2.34. The molecule has 2 rings (SSSR count). The summed E-state index contributed by atoms with van der Waals surface area (Å²) in [5, 5.41) is 10.7. The summed E-state index contributed by atoms with van der Waals surface area (Å²) >= 11 is 0. The van der Waals surface area contributed by atoms with Crippen LogP contribution in [0.1, 0.15) is 30.5 Å². The molecular formula is C18H22O2. The lowest BCUT2D eigenvalue weighted by atomic mass is 9.88. The molecule has 0 bridgehead atoms. The van der Waals surface area contributed by atoms with Gasteiger partial charge in [-0.05, 0) is 42.2 Å². The predicted molar refractivity (Wildman–Crippen MR) is 82.1 cm³/mol. The Balaban J connectivity index is 2.15. The van der Waals surface area contributed by atoms with Crippen LogP contribution < -0.4 is 4.74 Å². The summed E-state index contributed by atoms with van der Waals surface area (Å²) in [5.41, 5.74) is 2.47. The molecule has 2 heteroatoms. The van der Waals surface area contributed by atoms with Crippen molar-refractivity contribution < 1.29 is 9.84 Å². The minimum Gasteiger partial charge on any atom is -0.497 e. The summed E-state index contributed by atoms with van der Waals surface area (Å²) in [6.07, 6.45) is 1.60. The van der Waals surface area contributed by atoms with Crippen molar-refractivity contribution in [3.63, 3.8) is 0 Å². The van der Waals surface area contributed by atoms with Gasteiger partial charge in [0.05, 0.1) is 12.7 Å². The zero-order valence-electron chi connectivity index (χ0n) is 12.4. The minimum absolute atomic E-state index is 0.586. The molecule has 0 heterocycles. The zero-order valence-corrected chi connectivity index (χ0v) is 12.4. The molecule has 0 aromatic heterocycles. The van der Waals surface area contributed by atoms with Gasteiger partial charge in [-0.1, -0.05) is 43.3 Å². The van der Waals surface area contributed by atoms with Crippen LogP contribution >= 0.6 is 0 Å². The molecule has 0 radical (unpaired) electrons. The van der Waals surface area contributed by atoms with Crippen LogP contribution in [0.15, 0.2) is 48.5 Å². The van der Waals surface area contributed by atoms with E-state index in [2.05, 4.69) is 19.1 Å². The lowest BCUT2D eigenvalue weighted by molar-refractivity contribution is 0.0576. The van der Waals surface area contributed by atoms with E-state index in [9.17, 15) is 5.11 Å². The van der Waals surface area contributed by atoms with E-state index in [-0.39, 0.29) is 0 Å². The van der Waals surface area contributed by atoms with Gasteiger partial charge in [-0.3, -0.25) is 0 Å². The molecule has 0 saturated carbocycles. The highest BCUT2D eigenvalue weighted by molar-refractivity contribution is 5.32. The third-order valence-corrected chi connectivity index (χ3v) is 3.69. The number of ether oxygens (including phenoxy) is 1. The minimum atomic E-state index is -0.860. The Kier molecular flexibility index (Phi) is 4.46. The molecule has 106 valence electrons. The Morgan fingerprint density at radius 3 is 2.00 bits per heavy atom. The molecule has 0 spiro atoms.